The number of unbranched alkanes of at least 4 members (excludes halogenated alkanes) is 1. The molecule has 4 rings (SSSR count). The second-order valence-corrected chi connectivity index (χ2v) is 12.3. The highest BCUT2D eigenvalue weighted by atomic mass is 16.2. The van der Waals surface area contributed by atoms with Crippen LogP contribution >= 0.6 is 0 Å². The topological polar surface area (TPSA) is 166 Å². The van der Waals surface area contributed by atoms with Crippen molar-refractivity contribution < 1.29 is 24.0 Å². The number of aromatic amines is 1. The average Bonchev–Trinajstić information content (AvgIpc) is 3.45. The van der Waals surface area contributed by atoms with Gasteiger partial charge in [-0.2, -0.15) is 0 Å². The summed E-state index contributed by atoms with van der Waals surface area (Å²) >= 11 is 0. The summed E-state index contributed by atoms with van der Waals surface area (Å²) in [4.78, 5) is 72.2. The lowest BCUT2D eigenvalue weighted by Gasteiger charge is -2.35. The molecule has 1 fully saturated rings. The Morgan fingerprint density at radius 2 is 1.70 bits per heavy atom. The van der Waals surface area contributed by atoms with Crippen molar-refractivity contribution in [1.82, 2.24) is 25.8 Å². The predicted octanol–water partition coefficient (Wildman–Crippen LogP) is 2.73. The lowest BCUT2D eigenvalue weighted by Crippen LogP contribution is -2.61. The molecule has 1 aliphatic rings. The molecule has 46 heavy (non-hydrogen) atoms. The molecule has 1 saturated heterocycles. The molecule has 11 nitrogen and oxygen atoms in total. The summed E-state index contributed by atoms with van der Waals surface area (Å²) in [5.41, 5.74) is 8.31. The van der Waals surface area contributed by atoms with Gasteiger partial charge in [0.15, 0.2) is 0 Å². The molecule has 1 aliphatic heterocycles. The molecule has 2 aromatic carbocycles. The number of nitrogens with two attached hydrogens (primary N) is 1. The number of rotatable bonds is 15. The van der Waals surface area contributed by atoms with Crippen LogP contribution < -0.4 is 21.7 Å². The number of aromatic nitrogens is 1. The smallest absolute Gasteiger partial charge is 0.252 e. The van der Waals surface area contributed by atoms with Gasteiger partial charge in [-0.3, -0.25) is 28.9 Å². The molecule has 2 heterocycles. The Labute approximate surface area is 270 Å². The monoisotopic (exact) mass is 630 g/mol. The maximum Gasteiger partial charge on any atom is 0.252 e. The number of hydrogen-bond donors (Lipinski definition) is 5. The normalized spacial score (nSPS) is 16.9. The van der Waals surface area contributed by atoms with Gasteiger partial charge in [-0.25, -0.2) is 0 Å². The Hall–Kier alpha value is -4.51. The Morgan fingerprint density at radius 1 is 0.957 bits per heavy atom. The van der Waals surface area contributed by atoms with E-state index in [0.717, 1.165) is 33.4 Å². The summed E-state index contributed by atoms with van der Waals surface area (Å²) in [7, 11) is 0. The Balaban J connectivity index is 1.63. The minimum atomic E-state index is -1.19. The summed E-state index contributed by atoms with van der Waals surface area (Å²) in [5.74, 6) is -2.22. The van der Waals surface area contributed by atoms with E-state index in [2.05, 4.69) is 34.8 Å². The van der Waals surface area contributed by atoms with E-state index in [1.54, 1.807) is 0 Å². The number of imide groups is 1. The van der Waals surface area contributed by atoms with Crippen LogP contribution in [0.2, 0.25) is 0 Å². The highest BCUT2D eigenvalue weighted by Crippen LogP contribution is 2.21. The number of para-hydroxylation sites is 1. The first-order valence-electron chi connectivity index (χ1n) is 16.2. The zero-order chi connectivity index (χ0) is 33.1. The van der Waals surface area contributed by atoms with E-state index in [1.165, 1.54) is 0 Å². The fourth-order valence-corrected chi connectivity index (χ4v) is 5.74. The fourth-order valence-electron chi connectivity index (χ4n) is 5.74. The molecule has 0 spiro atoms. The van der Waals surface area contributed by atoms with Crippen molar-refractivity contribution in [3.8, 4) is 0 Å². The van der Waals surface area contributed by atoms with Gasteiger partial charge in [0.1, 0.15) is 18.1 Å². The number of nitrogens with zero attached hydrogens (tertiary/aromatic N) is 1. The van der Waals surface area contributed by atoms with E-state index in [-0.39, 0.29) is 38.0 Å². The molecule has 5 amide bonds. The molecule has 0 radical (unpaired) electrons. The number of nitrogens with one attached hydrogen (secondary N) is 4. The standard InChI is InChI=1S/C35H46N6O5/c1-23(2)17-19-37-33(44)28(21-25-22-38-27-13-7-6-12-26(25)27)40-34(45)30(14-8-9-18-36)41-32(43)16-15-31(42)39-29(35(41)46)20-24-10-4-3-5-11-24/h3-7,10-13,22-23,28-30,38H,8-9,14-21,36H2,1-2H3,(H,37,44)(H,39,42)(H,40,45)/t28-,29-,30-/m0/s1. The maximum atomic E-state index is 14.2. The van der Waals surface area contributed by atoms with Gasteiger partial charge in [-0.15, -0.1) is 0 Å². The molecular weight excluding hydrogens is 584 g/mol. The lowest BCUT2D eigenvalue weighted by atomic mass is 9.98. The third-order valence-electron chi connectivity index (χ3n) is 8.29. The number of hydrogen-bond acceptors (Lipinski definition) is 6. The van der Waals surface area contributed by atoms with Crippen molar-refractivity contribution in [2.45, 2.75) is 83.3 Å². The molecule has 3 aromatic rings. The molecule has 11 heteroatoms. The van der Waals surface area contributed by atoms with Gasteiger partial charge in [0.25, 0.3) is 5.91 Å². The van der Waals surface area contributed by atoms with Crippen molar-refractivity contribution in [3.63, 3.8) is 0 Å². The Morgan fingerprint density at radius 3 is 2.43 bits per heavy atom. The fraction of sp³-hybridized carbons (Fsp3) is 0.457. The summed E-state index contributed by atoms with van der Waals surface area (Å²) < 4.78 is 0. The minimum absolute atomic E-state index is 0.105. The summed E-state index contributed by atoms with van der Waals surface area (Å²) in [5, 5.41) is 9.55. The minimum Gasteiger partial charge on any atom is -0.361 e. The zero-order valence-corrected chi connectivity index (χ0v) is 26.7. The summed E-state index contributed by atoms with van der Waals surface area (Å²) in [6.45, 7) is 4.95. The van der Waals surface area contributed by atoms with Crippen molar-refractivity contribution in [1.29, 1.82) is 0 Å². The van der Waals surface area contributed by atoms with Crippen LogP contribution in [0, 0.1) is 5.92 Å². The summed E-state index contributed by atoms with van der Waals surface area (Å²) in [6.07, 6.45) is 3.87. The number of carbonyl (C=O) groups is 5. The SMILES string of the molecule is CC(C)CCNC(=O)[C@H](Cc1c[nH]c2ccccc12)NC(=O)[C@H](CCCCN)N1C(=O)CCC(=O)N[C@@H](Cc2ccccc2)C1=O. The van der Waals surface area contributed by atoms with E-state index in [4.69, 9.17) is 5.73 Å². The van der Waals surface area contributed by atoms with Gasteiger partial charge in [0.2, 0.25) is 23.6 Å². The first kappa shape index (κ1) is 34.4. The van der Waals surface area contributed by atoms with Crippen molar-refractivity contribution >= 4 is 40.4 Å². The lowest BCUT2D eigenvalue weighted by molar-refractivity contribution is -0.156. The average molecular weight is 631 g/mol. The predicted molar refractivity (Wildman–Crippen MR) is 176 cm³/mol. The van der Waals surface area contributed by atoms with E-state index >= 15 is 0 Å². The van der Waals surface area contributed by atoms with Crippen LogP contribution in [0.4, 0.5) is 0 Å². The quantitative estimate of drug-likeness (QED) is 0.128. The third-order valence-corrected chi connectivity index (χ3v) is 8.29. The van der Waals surface area contributed by atoms with Crippen molar-refractivity contribution in [2.24, 2.45) is 11.7 Å². The van der Waals surface area contributed by atoms with Crippen LogP contribution in [0.1, 0.15) is 63.5 Å². The molecular formula is C35H46N6O5. The van der Waals surface area contributed by atoms with Crippen LogP contribution in [0.5, 0.6) is 0 Å². The van der Waals surface area contributed by atoms with Gasteiger partial charge in [-0.1, -0.05) is 62.4 Å². The second-order valence-electron chi connectivity index (χ2n) is 12.3. The number of benzene rings is 2. The van der Waals surface area contributed by atoms with Crippen LogP contribution in [0.25, 0.3) is 10.9 Å². The molecule has 0 bridgehead atoms. The van der Waals surface area contributed by atoms with Crippen molar-refractivity contribution in [3.05, 3.63) is 71.9 Å². The maximum absolute atomic E-state index is 14.2. The van der Waals surface area contributed by atoms with Gasteiger partial charge >= 0.3 is 0 Å². The Bertz CT molecular complexity index is 1500. The van der Waals surface area contributed by atoms with Gasteiger partial charge in [-0.05, 0) is 55.3 Å². The molecule has 0 unspecified atom stereocenters. The van der Waals surface area contributed by atoms with E-state index in [9.17, 15) is 24.0 Å². The Kier molecular flexibility index (Phi) is 12.5. The third kappa shape index (κ3) is 9.26. The van der Waals surface area contributed by atoms with Crippen LogP contribution in [0.3, 0.4) is 0 Å². The van der Waals surface area contributed by atoms with Gasteiger partial charge < -0.3 is 26.7 Å². The molecule has 6 N–H and O–H groups in total. The zero-order valence-electron chi connectivity index (χ0n) is 26.7. The molecule has 0 aliphatic carbocycles. The van der Waals surface area contributed by atoms with Crippen LogP contribution in [-0.4, -0.2) is 70.6 Å². The van der Waals surface area contributed by atoms with Crippen molar-refractivity contribution in [2.75, 3.05) is 13.1 Å². The van der Waals surface area contributed by atoms with Gasteiger partial charge in [0.05, 0.1) is 0 Å². The molecule has 0 saturated carbocycles. The number of amides is 5. The number of H-pyrrole nitrogens is 1. The largest absolute Gasteiger partial charge is 0.361 e. The highest BCUT2D eigenvalue weighted by Gasteiger charge is 2.40. The molecule has 1 aromatic heterocycles. The number of fused-ring (bicyclic) bond motifs is 1. The van der Waals surface area contributed by atoms with E-state index in [0.29, 0.717) is 31.8 Å². The first-order valence-corrected chi connectivity index (χ1v) is 16.2. The summed E-state index contributed by atoms with van der Waals surface area (Å²) in [6, 6.07) is 13.7. The highest BCUT2D eigenvalue weighted by molar-refractivity contribution is 6.05. The first-order chi connectivity index (χ1) is 22.2. The van der Waals surface area contributed by atoms with E-state index < -0.39 is 41.8 Å². The van der Waals surface area contributed by atoms with Gasteiger partial charge in [0, 0.05) is 49.3 Å². The van der Waals surface area contributed by atoms with E-state index in [1.807, 2.05) is 60.8 Å². The number of carbonyl (C=O) groups excluding carboxylic acids is 5. The second kappa shape index (κ2) is 16.7. The van der Waals surface area contributed by atoms with Crippen LogP contribution in [0.15, 0.2) is 60.8 Å². The molecule has 3 atom stereocenters. The molecule has 246 valence electrons. The van der Waals surface area contributed by atoms with Crippen LogP contribution in [-0.2, 0) is 36.8 Å².